The summed E-state index contributed by atoms with van der Waals surface area (Å²) in [5.74, 6) is -0.601. The van der Waals surface area contributed by atoms with E-state index < -0.39 is 5.97 Å². The zero-order valence-corrected chi connectivity index (χ0v) is 11.1. The molecule has 0 unspecified atom stereocenters. The Labute approximate surface area is 116 Å². The summed E-state index contributed by atoms with van der Waals surface area (Å²) < 4.78 is 6.29. The highest BCUT2D eigenvalue weighted by atomic mass is 16.5. The lowest BCUT2D eigenvalue weighted by molar-refractivity contribution is 0.0594. The highest BCUT2D eigenvalue weighted by molar-refractivity contribution is 5.94. The van der Waals surface area contributed by atoms with Gasteiger partial charge < -0.3 is 14.6 Å². The molecule has 0 aliphatic carbocycles. The molecule has 2 rings (SSSR count). The fourth-order valence-electron chi connectivity index (χ4n) is 1.68. The molecule has 1 heterocycles. The number of esters is 1. The van der Waals surface area contributed by atoms with Crippen molar-refractivity contribution in [3.63, 3.8) is 0 Å². The maximum Gasteiger partial charge on any atom is 0.358 e. The average molecular weight is 273 g/mol. The van der Waals surface area contributed by atoms with Crippen LogP contribution in [-0.4, -0.2) is 35.1 Å². The number of methoxy groups -OCH3 is 1. The highest BCUT2D eigenvalue weighted by Gasteiger charge is 2.09. The third kappa shape index (κ3) is 3.44. The lowest BCUT2D eigenvalue weighted by Crippen LogP contribution is -2.26. The summed E-state index contributed by atoms with van der Waals surface area (Å²) in [6.45, 7) is 0.979. The zero-order chi connectivity index (χ0) is 14.4. The molecule has 6 nitrogen and oxygen atoms in total. The van der Waals surface area contributed by atoms with E-state index in [1.54, 1.807) is 22.9 Å². The van der Waals surface area contributed by atoms with Gasteiger partial charge in [0.2, 0.25) is 0 Å². The van der Waals surface area contributed by atoms with Gasteiger partial charge in [-0.2, -0.15) is 0 Å². The molecule has 2 aromatic rings. The van der Waals surface area contributed by atoms with Crippen LogP contribution in [-0.2, 0) is 11.3 Å². The van der Waals surface area contributed by atoms with Gasteiger partial charge in [0.25, 0.3) is 5.91 Å². The summed E-state index contributed by atoms with van der Waals surface area (Å²) in [5.41, 5.74) is 0.871. The molecule has 0 saturated carbocycles. The summed E-state index contributed by atoms with van der Waals surface area (Å²) in [5, 5.41) is 2.80. The van der Waals surface area contributed by atoms with Crippen LogP contribution < -0.4 is 5.32 Å². The minimum Gasteiger partial charge on any atom is -0.464 e. The largest absolute Gasteiger partial charge is 0.464 e. The number of hydrogen-bond donors (Lipinski definition) is 1. The number of imidazole rings is 1. The van der Waals surface area contributed by atoms with Crippen LogP contribution in [0.15, 0.2) is 42.9 Å². The zero-order valence-electron chi connectivity index (χ0n) is 11.1. The first-order chi connectivity index (χ1) is 9.70. The quantitative estimate of drug-likeness (QED) is 0.828. The summed E-state index contributed by atoms with van der Waals surface area (Å²) in [4.78, 5) is 26.9. The molecule has 104 valence electrons. The lowest BCUT2D eigenvalue weighted by Gasteiger charge is -2.05. The number of aromatic nitrogens is 2. The van der Waals surface area contributed by atoms with Crippen molar-refractivity contribution in [2.45, 2.75) is 6.54 Å². The molecule has 0 aliphatic rings. The van der Waals surface area contributed by atoms with E-state index >= 15 is 0 Å². The van der Waals surface area contributed by atoms with Crippen molar-refractivity contribution in [3.05, 3.63) is 54.1 Å². The molecule has 1 aromatic heterocycles. The van der Waals surface area contributed by atoms with Gasteiger partial charge in [0.1, 0.15) is 0 Å². The van der Waals surface area contributed by atoms with Gasteiger partial charge >= 0.3 is 5.97 Å². The van der Waals surface area contributed by atoms with Crippen LogP contribution in [0.25, 0.3) is 0 Å². The van der Waals surface area contributed by atoms with Gasteiger partial charge in [0.05, 0.1) is 13.4 Å². The van der Waals surface area contributed by atoms with Crippen molar-refractivity contribution in [1.82, 2.24) is 14.9 Å². The highest BCUT2D eigenvalue weighted by Crippen LogP contribution is 1.99. The number of nitrogens with one attached hydrogen (secondary N) is 1. The number of nitrogens with zero attached hydrogens (tertiary/aromatic N) is 2. The van der Waals surface area contributed by atoms with E-state index in [-0.39, 0.29) is 11.6 Å². The summed E-state index contributed by atoms with van der Waals surface area (Å²) >= 11 is 0. The molecule has 0 fully saturated rings. The number of benzene rings is 1. The summed E-state index contributed by atoms with van der Waals surface area (Å²) in [6, 6.07) is 8.99. The van der Waals surface area contributed by atoms with Gasteiger partial charge in [-0.05, 0) is 12.1 Å². The lowest BCUT2D eigenvalue weighted by atomic mass is 10.2. The van der Waals surface area contributed by atoms with Crippen LogP contribution in [0.1, 0.15) is 20.8 Å². The number of carbonyl (C=O) groups is 2. The normalized spacial score (nSPS) is 10.1. The second-order valence-electron chi connectivity index (χ2n) is 4.11. The Kier molecular flexibility index (Phi) is 4.49. The van der Waals surface area contributed by atoms with E-state index in [0.717, 1.165) is 0 Å². The molecule has 0 aliphatic heterocycles. The Morgan fingerprint density at radius 3 is 2.75 bits per heavy atom. The predicted molar refractivity (Wildman–Crippen MR) is 72.3 cm³/mol. The molecule has 0 bridgehead atoms. The minimum absolute atomic E-state index is 0.126. The molecule has 1 aromatic carbocycles. The first-order valence-corrected chi connectivity index (χ1v) is 6.14. The van der Waals surface area contributed by atoms with Crippen molar-refractivity contribution < 1.29 is 14.3 Å². The standard InChI is InChI=1S/C14H15N3O3/c1-20-14(19)12-9-17(10-16-12)8-7-15-13(18)11-5-3-2-4-6-11/h2-6,9-10H,7-8H2,1H3,(H,15,18). The van der Waals surface area contributed by atoms with Gasteiger partial charge in [0, 0.05) is 24.8 Å². The molecule has 20 heavy (non-hydrogen) atoms. The maximum absolute atomic E-state index is 11.8. The molecule has 0 spiro atoms. The van der Waals surface area contributed by atoms with Crippen molar-refractivity contribution in [2.75, 3.05) is 13.7 Å². The van der Waals surface area contributed by atoms with Gasteiger partial charge in [-0.1, -0.05) is 18.2 Å². The molecular weight excluding hydrogens is 258 g/mol. The monoisotopic (exact) mass is 273 g/mol. The van der Waals surface area contributed by atoms with Crippen molar-refractivity contribution in [3.8, 4) is 0 Å². The summed E-state index contributed by atoms with van der Waals surface area (Å²) in [7, 11) is 1.31. The number of carbonyl (C=O) groups excluding carboxylic acids is 2. The molecule has 1 amide bonds. The minimum atomic E-state index is -0.475. The second-order valence-corrected chi connectivity index (χ2v) is 4.11. The van der Waals surface area contributed by atoms with Crippen LogP contribution in [0.2, 0.25) is 0 Å². The fourth-order valence-corrected chi connectivity index (χ4v) is 1.68. The Morgan fingerprint density at radius 2 is 2.05 bits per heavy atom. The van der Waals surface area contributed by atoms with Gasteiger partial charge in [-0.15, -0.1) is 0 Å². The number of rotatable bonds is 5. The second kappa shape index (κ2) is 6.51. The average Bonchev–Trinajstić information content (AvgIpc) is 2.96. The Hall–Kier alpha value is -2.63. The molecule has 0 radical (unpaired) electrons. The third-order valence-electron chi connectivity index (χ3n) is 2.72. The van der Waals surface area contributed by atoms with Crippen LogP contribution in [0.3, 0.4) is 0 Å². The topological polar surface area (TPSA) is 73.2 Å². The molecular formula is C14H15N3O3. The van der Waals surface area contributed by atoms with E-state index in [4.69, 9.17) is 0 Å². The summed E-state index contributed by atoms with van der Waals surface area (Å²) in [6.07, 6.45) is 3.11. The Balaban J connectivity index is 1.83. The molecule has 1 N–H and O–H groups in total. The van der Waals surface area contributed by atoms with E-state index in [9.17, 15) is 9.59 Å². The number of hydrogen-bond acceptors (Lipinski definition) is 4. The van der Waals surface area contributed by atoms with E-state index in [1.807, 2.05) is 18.2 Å². The van der Waals surface area contributed by atoms with E-state index in [2.05, 4.69) is 15.0 Å². The Bertz CT molecular complexity index is 593. The van der Waals surface area contributed by atoms with Gasteiger partial charge in [-0.3, -0.25) is 4.79 Å². The SMILES string of the molecule is COC(=O)c1cn(CCNC(=O)c2ccccc2)cn1. The van der Waals surface area contributed by atoms with Crippen molar-refractivity contribution in [1.29, 1.82) is 0 Å². The van der Waals surface area contributed by atoms with Crippen LogP contribution in [0.4, 0.5) is 0 Å². The Morgan fingerprint density at radius 1 is 1.30 bits per heavy atom. The van der Waals surface area contributed by atoms with Crippen LogP contribution >= 0.6 is 0 Å². The number of ether oxygens (including phenoxy) is 1. The van der Waals surface area contributed by atoms with Gasteiger partial charge in [-0.25, -0.2) is 9.78 Å². The van der Waals surface area contributed by atoms with Crippen LogP contribution in [0, 0.1) is 0 Å². The predicted octanol–water partition coefficient (Wildman–Crippen LogP) is 1.10. The molecule has 6 heteroatoms. The van der Waals surface area contributed by atoms with E-state index in [0.29, 0.717) is 18.7 Å². The van der Waals surface area contributed by atoms with Crippen molar-refractivity contribution >= 4 is 11.9 Å². The van der Waals surface area contributed by atoms with Crippen LogP contribution in [0.5, 0.6) is 0 Å². The smallest absolute Gasteiger partial charge is 0.358 e. The molecule has 0 saturated heterocycles. The van der Waals surface area contributed by atoms with Crippen molar-refractivity contribution in [2.24, 2.45) is 0 Å². The third-order valence-corrected chi connectivity index (χ3v) is 2.72. The first-order valence-electron chi connectivity index (χ1n) is 6.14. The van der Waals surface area contributed by atoms with E-state index in [1.165, 1.54) is 13.4 Å². The molecule has 0 atom stereocenters. The maximum atomic E-state index is 11.8. The number of amides is 1. The first kappa shape index (κ1) is 13.8. The van der Waals surface area contributed by atoms with Gasteiger partial charge in [0.15, 0.2) is 5.69 Å². The fraction of sp³-hybridized carbons (Fsp3) is 0.214.